The maximum absolute atomic E-state index is 12.7. The first-order valence-electron chi connectivity index (χ1n) is 5.87. The molecule has 3 nitrogen and oxygen atoms in total. The largest absolute Gasteiger partial charge is 0.481 e. The van der Waals surface area contributed by atoms with Gasteiger partial charge in [-0.2, -0.15) is 0 Å². The molecule has 0 spiro atoms. The van der Waals surface area contributed by atoms with Crippen molar-refractivity contribution in [2.24, 2.45) is 5.92 Å². The number of rotatable bonds is 4. The summed E-state index contributed by atoms with van der Waals surface area (Å²) < 4.78 is 12.7. The standard InChI is InChI=1S/C13H16FNO2/c14-10-6-4-9(5-7-10)8-15-12-3-1-2-11(12)13(16)17/h4-7,11-12,15H,1-3,8H2,(H,16,17)/t11-,12+/m1/s1. The van der Waals surface area contributed by atoms with Crippen molar-refractivity contribution < 1.29 is 14.3 Å². The van der Waals surface area contributed by atoms with E-state index in [2.05, 4.69) is 5.32 Å². The number of nitrogens with one attached hydrogen (secondary N) is 1. The number of benzene rings is 1. The summed E-state index contributed by atoms with van der Waals surface area (Å²) >= 11 is 0. The van der Waals surface area contributed by atoms with E-state index in [0.717, 1.165) is 24.8 Å². The average molecular weight is 237 g/mol. The van der Waals surface area contributed by atoms with E-state index in [4.69, 9.17) is 5.11 Å². The van der Waals surface area contributed by atoms with Gasteiger partial charge in [0, 0.05) is 12.6 Å². The first-order chi connectivity index (χ1) is 8.16. The maximum atomic E-state index is 12.7. The minimum absolute atomic E-state index is 0.0394. The molecule has 1 aromatic carbocycles. The Bertz CT molecular complexity index is 391. The van der Waals surface area contributed by atoms with Gasteiger partial charge < -0.3 is 10.4 Å². The fourth-order valence-electron chi connectivity index (χ4n) is 2.35. The van der Waals surface area contributed by atoms with E-state index in [9.17, 15) is 9.18 Å². The van der Waals surface area contributed by atoms with Crippen LogP contribution >= 0.6 is 0 Å². The zero-order valence-electron chi connectivity index (χ0n) is 9.53. The molecule has 0 aromatic heterocycles. The van der Waals surface area contributed by atoms with Crippen molar-refractivity contribution in [3.8, 4) is 0 Å². The van der Waals surface area contributed by atoms with Gasteiger partial charge >= 0.3 is 5.97 Å². The molecule has 0 saturated heterocycles. The van der Waals surface area contributed by atoms with Crippen molar-refractivity contribution in [2.75, 3.05) is 0 Å². The monoisotopic (exact) mass is 237 g/mol. The third kappa shape index (κ3) is 3.03. The zero-order chi connectivity index (χ0) is 12.3. The molecule has 4 heteroatoms. The molecule has 2 N–H and O–H groups in total. The summed E-state index contributed by atoms with van der Waals surface area (Å²) in [7, 11) is 0. The minimum atomic E-state index is -0.723. The van der Waals surface area contributed by atoms with Crippen molar-refractivity contribution in [3.05, 3.63) is 35.6 Å². The van der Waals surface area contributed by atoms with Crippen LogP contribution in [0, 0.1) is 11.7 Å². The van der Waals surface area contributed by atoms with Crippen molar-refractivity contribution >= 4 is 5.97 Å². The van der Waals surface area contributed by atoms with E-state index < -0.39 is 5.97 Å². The molecule has 0 heterocycles. The van der Waals surface area contributed by atoms with Gasteiger partial charge in [0.15, 0.2) is 0 Å². The minimum Gasteiger partial charge on any atom is -0.481 e. The molecule has 0 amide bonds. The summed E-state index contributed by atoms with van der Waals surface area (Å²) in [6, 6.07) is 6.30. The number of hydrogen-bond donors (Lipinski definition) is 2. The highest BCUT2D eigenvalue weighted by Gasteiger charge is 2.32. The lowest BCUT2D eigenvalue weighted by molar-refractivity contribution is -0.142. The lowest BCUT2D eigenvalue weighted by atomic mass is 10.0. The Morgan fingerprint density at radius 2 is 2.06 bits per heavy atom. The Morgan fingerprint density at radius 3 is 2.71 bits per heavy atom. The van der Waals surface area contributed by atoms with Gasteiger partial charge in [-0.05, 0) is 30.5 Å². The highest BCUT2D eigenvalue weighted by molar-refractivity contribution is 5.71. The summed E-state index contributed by atoms with van der Waals surface area (Å²) in [6.07, 6.45) is 2.60. The molecule has 0 aliphatic heterocycles. The zero-order valence-corrected chi connectivity index (χ0v) is 9.53. The number of carboxylic acid groups (broad SMARTS) is 1. The van der Waals surface area contributed by atoms with Crippen LogP contribution < -0.4 is 5.32 Å². The molecule has 1 aliphatic carbocycles. The number of hydrogen-bond acceptors (Lipinski definition) is 2. The molecule has 2 rings (SSSR count). The average Bonchev–Trinajstić information content (AvgIpc) is 2.76. The van der Waals surface area contributed by atoms with Crippen LogP contribution in [0.2, 0.25) is 0 Å². The first kappa shape index (κ1) is 12.0. The second-order valence-electron chi connectivity index (χ2n) is 4.49. The fraction of sp³-hybridized carbons (Fsp3) is 0.462. The van der Waals surface area contributed by atoms with Gasteiger partial charge in [-0.3, -0.25) is 4.79 Å². The lowest BCUT2D eigenvalue weighted by Crippen LogP contribution is -2.35. The van der Waals surface area contributed by atoms with Crippen molar-refractivity contribution in [3.63, 3.8) is 0 Å². The molecule has 0 unspecified atom stereocenters. The van der Waals surface area contributed by atoms with E-state index in [1.54, 1.807) is 12.1 Å². The summed E-state index contributed by atoms with van der Waals surface area (Å²) in [6.45, 7) is 0.592. The summed E-state index contributed by atoms with van der Waals surface area (Å²) in [5.74, 6) is -1.26. The van der Waals surface area contributed by atoms with Crippen LogP contribution in [0.25, 0.3) is 0 Å². The Morgan fingerprint density at radius 1 is 1.35 bits per heavy atom. The molecular formula is C13H16FNO2. The second-order valence-corrected chi connectivity index (χ2v) is 4.49. The molecule has 1 saturated carbocycles. The Balaban J connectivity index is 1.89. The third-order valence-corrected chi connectivity index (χ3v) is 3.31. The molecule has 92 valence electrons. The number of halogens is 1. The number of carboxylic acids is 1. The topological polar surface area (TPSA) is 49.3 Å². The SMILES string of the molecule is O=C(O)[C@@H]1CCC[C@@H]1NCc1ccc(F)cc1. The van der Waals surface area contributed by atoms with E-state index >= 15 is 0 Å². The highest BCUT2D eigenvalue weighted by Crippen LogP contribution is 2.26. The number of carbonyl (C=O) groups is 1. The molecule has 1 fully saturated rings. The van der Waals surface area contributed by atoms with Crippen LogP contribution in [0.4, 0.5) is 4.39 Å². The Hall–Kier alpha value is -1.42. The predicted molar refractivity (Wildman–Crippen MR) is 62.0 cm³/mol. The fourth-order valence-corrected chi connectivity index (χ4v) is 2.35. The molecule has 17 heavy (non-hydrogen) atoms. The van der Waals surface area contributed by atoms with Crippen LogP contribution in [-0.4, -0.2) is 17.1 Å². The van der Waals surface area contributed by atoms with Crippen LogP contribution in [-0.2, 0) is 11.3 Å². The quantitative estimate of drug-likeness (QED) is 0.843. The predicted octanol–water partition coefficient (Wildman–Crippen LogP) is 2.17. The molecule has 0 bridgehead atoms. The molecular weight excluding hydrogens is 221 g/mol. The maximum Gasteiger partial charge on any atom is 0.308 e. The van der Waals surface area contributed by atoms with Gasteiger partial charge in [0.25, 0.3) is 0 Å². The van der Waals surface area contributed by atoms with Gasteiger partial charge in [-0.1, -0.05) is 18.6 Å². The van der Waals surface area contributed by atoms with Gasteiger partial charge in [0.1, 0.15) is 5.82 Å². The van der Waals surface area contributed by atoms with Crippen molar-refractivity contribution in [1.82, 2.24) is 5.32 Å². The van der Waals surface area contributed by atoms with E-state index in [-0.39, 0.29) is 17.8 Å². The van der Waals surface area contributed by atoms with Crippen LogP contribution in [0.15, 0.2) is 24.3 Å². The smallest absolute Gasteiger partial charge is 0.308 e. The van der Waals surface area contributed by atoms with Crippen molar-refractivity contribution in [2.45, 2.75) is 31.8 Å². The van der Waals surface area contributed by atoms with E-state index in [0.29, 0.717) is 6.54 Å². The molecule has 1 aliphatic rings. The van der Waals surface area contributed by atoms with Crippen LogP contribution in [0.1, 0.15) is 24.8 Å². The van der Waals surface area contributed by atoms with E-state index in [1.807, 2.05) is 0 Å². The van der Waals surface area contributed by atoms with Gasteiger partial charge in [-0.15, -0.1) is 0 Å². The lowest BCUT2D eigenvalue weighted by Gasteiger charge is -2.17. The van der Waals surface area contributed by atoms with E-state index in [1.165, 1.54) is 12.1 Å². The van der Waals surface area contributed by atoms with Crippen LogP contribution in [0.3, 0.4) is 0 Å². The third-order valence-electron chi connectivity index (χ3n) is 3.31. The normalized spacial score (nSPS) is 23.8. The second kappa shape index (κ2) is 5.27. The first-order valence-corrected chi connectivity index (χ1v) is 5.87. The summed E-state index contributed by atoms with van der Waals surface area (Å²) in [5, 5.41) is 12.3. The van der Waals surface area contributed by atoms with Gasteiger partial charge in [0.05, 0.1) is 5.92 Å². The van der Waals surface area contributed by atoms with Crippen molar-refractivity contribution in [1.29, 1.82) is 0 Å². The highest BCUT2D eigenvalue weighted by atomic mass is 19.1. The van der Waals surface area contributed by atoms with Gasteiger partial charge in [-0.25, -0.2) is 4.39 Å². The molecule has 1 aromatic rings. The van der Waals surface area contributed by atoms with Crippen LogP contribution in [0.5, 0.6) is 0 Å². The summed E-state index contributed by atoms with van der Waals surface area (Å²) in [4.78, 5) is 11.0. The Labute approximate surface area is 99.7 Å². The molecule has 2 atom stereocenters. The summed E-state index contributed by atoms with van der Waals surface area (Å²) in [5.41, 5.74) is 0.974. The number of aliphatic carboxylic acids is 1. The Kier molecular flexibility index (Phi) is 3.74. The van der Waals surface area contributed by atoms with Gasteiger partial charge in [0.2, 0.25) is 0 Å². The molecule has 0 radical (unpaired) electrons.